The van der Waals surface area contributed by atoms with E-state index in [0.717, 1.165) is 16.5 Å². The zero-order valence-corrected chi connectivity index (χ0v) is 11.8. The average Bonchev–Trinajstić information content (AvgIpc) is 2.87. The van der Waals surface area contributed by atoms with Crippen LogP contribution in [-0.2, 0) is 20.7 Å². The van der Waals surface area contributed by atoms with Gasteiger partial charge < -0.3 is 20.1 Å². The lowest BCUT2D eigenvalue weighted by atomic mass is 10.0. The summed E-state index contributed by atoms with van der Waals surface area (Å²) in [4.78, 5) is 26.1. The fourth-order valence-corrected chi connectivity index (χ4v) is 2.18. The van der Waals surface area contributed by atoms with Gasteiger partial charge in [-0.25, -0.2) is 4.79 Å². The molecule has 0 bridgehead atoms. The van der Waals surface area contributed by atoms with Gasteiger partial charge in [-0.2, -0.15) is 0 Å². The first-order valence-electron chi connectivity index (χ1n) is 6.68. The zero-order chi connectivity index (χ0) is 15.2. The predicted octanol–water partition coefficient (Wildman–Crippen LogP) is 1.32. The van der Waals surface area contributed by atoms with Crippen molar-refractivity contribution in [3.8, 4) is 0 Å². The van der Waals surface area contributed by atoms with Crippen LogP contribution < -0.4 is 5.32 Å². The van der Waals surface area contributed by atoms with Crippen LogP contribution in [0.4, 0.5) is 0 Å². The van der Waals surface area contributed by atoms with E-state index in [1.54, 1.807) is 6.20 Å². The Morgan fingerprint density at radius 3 is 2.86 bits per heavy atom. The number of ether oxygens (including phenoxy) is 1. The van der Waals surface area contributed by atoms with Crippen molar-refractivity contribution in [3.05, 3.63) is 36.0 Å². The Hall–Kier alpha value is -2.34. The fourth-order valence-electron chi connectivity index (χ4n) is 2.18. The number of methoxy groups -OCH3 is 1. The largest absolute Gasteiger partial charge is 0.480 e. The molecule has 0 unspecified atom stereocenters. The van der Waals surface area contributed by atoms with Crippen molar-refractivity contribution in [1.29, 1.82) is 0 Å². The van der Waals surface area contributed by atoms with Crippen LogP contribution in [0.2, 0.25) is 0 Å². The first-order chi connectivity index (χ1) is 10.1. The molecule has 0 aliphatic heterocycles. The third-order valence-electron chi connectivity index (χ3n) is 3.27. The summed E-state index contributed by atoms with van der Waals surface area (Å²) in [6, 6.07) is 6.70. The maximum Gasteiger partial charge on any atom is 0.326 e. The molecule has 2 aromatic rings. The minimum absolute atomic E-state index is 0.147. The molecule has 3 N–H and O–H groups in total. The molecule has 6 nitrogen and oxygen atoms in total. The van der Waals surface area contributed by atoms with Gasteiger partial charge in [-0.3, -0.25) is 4.79 Å². The Balaban J connectivity index is 2.09. The third-order valence-corrected chi connectivity index (χ3v) is 3.27. The van der Waals surface area contributed by atoms with Gasteiger partial charge in [0.25, 0.3) is 0 Å². The molecule has 6 heteroatoms. The summed E-state index contributed by atoms with van der Waals surface area (Å²) in [5, 5.41) is 12.8. The number of aromatic nitrogens is 1. The summed E-state index contributed by atoms with van der Waals surface area (Å²) in [5.41, 5.74) is 1.81. The lowest BCUT2D eigenvalue weighted by Crippen LogP contribution is -2.42. The van der Waals surface area contributed by atoms with E-state index in [1.165, 1.54) is 7.11 Å². The number of benzene rings is 1. The van der Waals surface area contributed by atoms with Crippen molar-refractivity contribution in [1.82, 2.24) is 10.3 Å². The number of para-hydroxylation sites is 1. The Bertz CT molecular complexity index is 635. The number of rotatable bonds is 7. The molecule has 0 radical (unpaired) electrons. The number of carbonyl (C=O) groups excluding carboxylic acids is 1. The average molecular weight is 290 g/mol. The maximum atomic E-state index is 11.6. The summed E-state index contributed by atoms with van der Waals surface area (Å²) >= 11 is 0. The summed E-state index contributed by atoms with van der Waals surface area (Å²) in [6.45, 7) is 0.269. The lowest BCUT2D eigenvalue weighted by molar-refractivity contribution is -0.141. The van der Waals surface area contributed by atoms with E-state index in [-0.39, 0.29) is 25.4 Å². The number of amides is 1. The molecule has 0 saturated carbocycles. The van der Waals surface area contributed by atoms with Gasteiger partial charge in [0.1, 0.15) is 6.04 Å². The molecule has 0 fully saturated rings. The number of carboxylic acids is 1. The number of aromatic amines is 1. The van der Waals surface area contributed by atoms with Gasteiger partial charge in [0.05, 0.1) is 6.61 Å². The van der Waals surface area contributed by atoms with Gasteiger partial charge in [-0.1, -0.05) is 18.2 Å². The van der Waals surface area contributed by atoms with Gasteiger partial charge in [0, 0.05) is 37.1 Å². The third kappa shape index (κ3) is 3.82. The highest BCUT2D eigenvalue weighted by Crippen LogP contribution is 2.19. The molecule has 0 aliphatic rings. The normalized spacial score (nSPS) is 12.2. The van der Waals surface area contributed by atoms with Gasteiger partial charge in [0.15, 0.2) is 0 Å². The predicted molar refractivity (Wildman–Crippen MR) is 78.1 cm³/mol. The summed E-state index contributed by atoms with van der Waals surface area (Å²) in [7, 11) is 1.49. The second-order valence-corrected chi connectivity index (χ2v) is 4.76. The number of hydrogen-bond donors (Lipinski definition) is 3. The fraction of sp³-hybridized carbons (Fsp3) is 0.333. The molecule has 1 amide bonds. The Labute approximate surface area is 122 Å². The molecule has 1 heterocycles. The van der Waals surface area contributed by atoms with Crippen molar-refractivity contribution < 1.29 is 19.4 Å². The lowest BCUT2D eigenvalue weighted by Gasteiger charge is -2.14. The van der Waals surface area contributed by atoms with Crippen molar-refractivity contribution in [2.45, 2.75) is 18.9 Å². The monoisotopic (exact) mass is 290 g/mol. The zero-order valence-electron chi connectivity index (χ0n) is 11.8. The molecular weight excluding hydrogens is 272 g/mol. The molecular formula is C15H18N2O4. The molecule has 2 rings (SSSR count). The molecule has 0 aliphatic carbocycles. The van der Waals surface area contributed by atoms with Crippen LogP contribution in [0.15, 0.2) is 30.5 Å². The molecule has 0 spiro atoms. The Kier molecular flexibility index (Phi) is 4.94. The van der Waals surface area contributed by atoms with Crippen molar-refractivity contribution >= 4 is 22.8 Å². The second kappa shape index (κ2) is 6.90. The van der Waals surface area contributed by atoms with Gasteiger partial charge in [-0.05, 0) is 11.6 Å². The van der Waals surface area contributed by atoms with E-state index >= 15 is 0 Å². The minimum atomic E-state index is -1.05. The number of nitrogens with one attached hydrogen (secondary N) is 2. The Morgan fingerprint density at radius 2 is 2.14 bits per heavy atom. The van der Waals surface area contributed by atoms with Gasteiger partial charge in [-0.15, -0.1) is 0 Å². The van der Waals surface area contributed by atoms with Crippen LogP contribution in [-0.4, -0.2) is 41.7 Å². The van der Waals surface area contributed by atoms with Crippen molar-refractivity contribution in [2.24, 2.45) is 0 Å². The first kappa shape index (κ1) is 15.1. The van der Waals surface area contributed by atoms with E-state index < -0.39 is 12.0 Å². The van der Waals surface area contributed by atoms with Crippen LogP contribution >= 0.6 is 0 Å². The Morgan fingerprint density at radius 1 is 1.38 bits per heavy atom. The van der Waals surface area contributed by atoms with E-state index in [2.05, 4.69) is 10.3 Å². The van der Waals surface area contributed by atoms with E-state index in [4.69, 9.17) is 4.74 Å². The van der Waals surface area contributed by atoms with Crippen LogP contribution in [0, 0.1) is 0 Å². The number of hydrogen-bond acceptors (Lipinski definition) is 3. The number of carbonyl (C=O) groups is 2. The number of carboxylic acid groups (broad SMARTS) is 1. The molecule has 21 heavy (non-hydrogen) atoms. The number of fused-ring (bicyclic) bond motifs is 1. The summed E-state index contributed by atoms with van der Waals surface area (Å²) in [6.07, 6.45) is 2.16. The van der Waals surface area contributed by atoms with Crippen LogP contribution in [0.1, 0.15) is 12.0 Å². The van der Waals surface area contributed by atoms with Crippen molar-refractivity contribution in [2.75, 3.05) is 13.7 Å². The molecule has 1 aromatic carbocycles. The molecule has 0 saturated heterocycles. The molecule has 1 atom stereocenters. The van der Waals surface area contributed by atoms with Crippen LogP contribution in [0.3, 0.4) is 0 Å². The maximum absolute atomic E-state index is 11.6. The number of H-pyrrole nitrogens is 1. The summed E-state index contributed by atoms with van der Waals surface area (Å²) in [5.74, 6) is -1.38. The van der Waals surface area contributed by atoms with Crippen molar-refractivity contribution in [3.63, 3.8) is 0 Å². The molecule has 1 aromatic heterocycles. The topological polar surface area (TPSA) is 91.4 Å². The van der Waals surface area contributed by atoms with E-state index in [9.17, 15) is 14.7 Å². The molecule has 112 valence electrons. The highest BCUT2D eigenvalue weighted by atomic mass is 16.5. The van der Waals surface area contributed by atoms with Gasteiger partial charge in [0.2, 0.25) is 5.91 Å². The van der Waals surface area contributed by atoms with Gasteiger partial charge >= 0.3 is 5.97 Å². The highest BCUT2D eigenvalue weighted by Gasteiger charge is 2.21. The SMILES string of the molecule is COCCC(=O)N[C@@H](Cc1c[nH]c2ccccc12)C(=O)O. The van der Waals surface area contributed by atoms with E-state index in [0.29, 0.717) is 0 Å². The van der Waals surface area contributed by atoms with E-state index in [1.807, 2.05) is 24.3 Å². The number of aliphatic carboxylic acids is 1. The first-order valence-corrected chi connectivity index (χ1v) is 6.68. The van der Waals surface area contributed by atoms with Crippen LogP contribution in [0.25, 0.3) is 10.9 Å². The quantitative estimate of drug-likeness (QED) is 0.717. The van der Waals surface area contributed by atoms with Crippen LogP contribution in [0.5, 0.6) is 0 Å². The standard InChI is InChI=1S/C15H18N2O4/c1-21-7-6-14(18)17-13(15(19)20)8-10-9-16-12-5-3-2-4-11(10)12/h2-5,9,13,16H,6-8H2,1H3,(H,17,18)(H,19,20)/t13-/m0/s1. The smallest absolute Gasteiger partial charge is 0.326 e. The second-order valence-electron chi connectivity index (χ2n) is 4.76. The summed E-state index contributed by atoms with van der Waals surface area (Å²) < 4.78 is 4.80. The minimum Gasteiger partial charge on any atom is -0.480 e. The highest BCUT2D eigenvalue weighted by molar-refractivity contribution is 5.86.